The summed E-state index contributed by atoms with van der Waals surface area (Å²) in [5, 5.41) is 11.9. The molecule has 0 saturated carbocycles. The number of allylic oxidation sites excluding steroid dienone is 1. The summed E-state index contributed by atoms with van der Waals surface area (Å²) >= 11 is 0. The highest BCUT2D eigenvalue weighted by atomic mass is 16.4. The number of carboxylic acid groups (broad SMARTS) is 1. The maximum Gasteiger partial charge on any atom is 0.408 e. The average Bonchev–Trinajstić information content (AvgIpc) is 2.42. The van der Waals surface area contributed by atoms with E-state index in [0.717, 1.165) is 10.5 Å². The van der Waals surface area contributed by atoms with Gasteiger partial charge in [-0.05, 0) is 39.7 Å². The molecule has 0 spiro atoms. The summed E-state index contributed by atoms with van der Waals surface area (Å²) in [6.07, 6.45) is 3.00. The van der Waals surface area contributed by atoms with Crippen molar-refractivity contribution in [3.05, 3.63) is 48.2 Å². The fourth-order valence-corrected chi connectivity index (χ4v) is 2.22. The SMILES string of the molecule is C[C@H](C(=O)NC=CCc1ccccc1)N(C(=O)O)C(C)(C)C. The minimum atomic E-state index is -1.11. The molecule has 5 heteroatoms. The fraction of sp³-hybridized carbons (Fsp3) is 0.412. The van der Waals surface area contributed by atoms with Crippen LogP contribution in [-0.4, -0.2) is 33.6 Å². The predicted octanol–water partition coefficient (Wildman–Crippen LogP) is 3.03. The topological polar surface area (TPSA) is 69.6 Å². The van der Waals surface area contributed by atoms with Crippen LogP contribution in [0.3, 0.4) is 0 Å². The molecule has 22 heavy (non-hydrogen) atoms. The summed E-state index contributed by atoms with van der Waals surface area (Å²) in [6.45, 7) is 6.86. The largest absolute Gasteiger partial charge is 0.465 e. The summed E-state index contributed by atoms with van der Waals surface area (Å²) in [5.74, 6) is -0.346. The van der Waals surface area contributed by atoms with Crippen LogP contribution in [0.4, 0.5) is 4.79 Å². The van der Waals surface area contributed by atoms with Crippen LogP contribution in [0.5, 0.6) is 0 Å². The maximum absolute atomic E-state index is 12.1. The van der Waals surface area contributed by atoms with Gasteiger partial charge in [0.25, 0.3) is 0 Å². The standard InChI is InChI=1S/C17H24N2O3/c1-13(19(16(21)22)17(2,3)4)15(20)18-12-8-11-14-9-6-5-7-10-14/h5-10,12-13H,11H2,1-4H3,(H,18,20)(H,21,22)/t13-/m1/s1. The van der Waals surface area contributed by atoms with Crippen molar-refractivity contribution in [3.63, 3.8) is 0 Å². The first-order valence-corrected chi connectivity index (χ1v) is 7.25. The third-order valence-corrected chi connectivity index (χ3v) is 3.24. The van der Waals surface area contributed by atoms with Gasteiger partial charge in [0.1, 0.15) is 6.04 Å². The molecule has 0 fully saturated rings. The van der Waals surface area contributed by atoms with Crippen molar-refractivity contribution in [1.29, 1.82) is 0 Å². The van der Waals surface area contributed by atoms with Gasteiger partial charge in [-0.2, -0.15) is 0 Å². The van der Waals surface area contributed by atoms with E-state index in [2.05, 4.69) is 5.32 Å². The van der Waals surface area contributed by atoms with E-state index in [1.165, 1.54) is 0 Å². The lowest BCUT2D eigenvalue weighted by atomic mass is 10.0. The molecule has 1 atom stereocenters. The monoisotopic (exact) mass is 304 g/mol. The number of hydrogen-bond acceptors (Lipinski definition) is 2. The first-order chi connectivity index (χ1) is 10.2. The van der Waals surface area contributed by atoms with Crippen molar-refractivity contribution in [2.75, 3.05) is 0 Å². The van der Waals surface area contributed by atoms with Gasteiger partial charge in [0.2, 0.25) is 5.91 Å². The average molecular weight is 304 g/mol. The minimum Gasteiger partial charge on any atom is -0.465 e. The van der Waals surface area contributed by atoms with Gasteiger partial charge in [-0.3, -0.25) is 9.69 Å². The van der Waals surface area contributed by atoms with Gasteiger partial charge in [0, 0.05) is 11.7 Å². The Morgan fingerprint density at radius 2 is 1.86 bits per heavy atom. The molecule has 0 aliphatic heterocycles. The summed E-state index contributed by atoms with van der Waals surface area (Å²) in [6, 6.07) is 9.10. The molecular weight excluding hydrogens is 280 g/mol. The molecule has 2 amide bonds. The normalized spacial score (nSPS) is 12.9. The summed E-state index contributed by atoms with van der Waals surface area (Å²) < 4.78 is 0. The van der Waals surface area contributed by atoms with Crippen LogP contribution in [0.1, 0.15) is 33.3 Å². The highest BCUT2D eigenvalue weighted by molar-refractivity contribution is 5.85. The molecule has 0 aromatic heterocycles. The summed E-state index contributed by atoms with van der Waals surface area (Å²) in [5.41, 5.74) is 0.499. The van der Waals surface area contributed by atoms with E-state index in [1.807, 2.05) is 36.4 Å². The van der Waals surface area contributed by atoms with Crippen LogP contribution in [0.2, 0.25) is 0 Å². The molecular formula is C17H24N2O3. The summed E-state index contributed by atoms with van der Waals surface area (Å²) in [4.78, 5) is 24.6. The molecule has 1 aromatic carbocycles. The first-order valence-electron chi connectivity index (χ1n) is 7.25. The van der Waals surface area contributed by atoms with Gasteiger partial charge in [0.05, 0.1) is 0 Å². The molecule has 120 valence electrons. The predicted molar refractivity (Wildman–Crippen MR) is 86.5 cm³/mol. The smallest absolute Gasteiger partial charge is 0.408 e. The fourth-order valence-electron chi connectivity index (χ4n) is 2.22. The Kier molecular flexibility index (Phi) is 6.16. The molecule has 1 rings (SSSR count). The van der Waals surface area contributed by atoms with E-state index in [9.17, 15) is 14.7 Å². The lowest BCUT2D eigenvalue weighted by molar-refractivity contribution is -0.125. The number of rotatable bonds is 5. The Balaban J connectivity index is 2.58. The summed E-state index contributed by atoms with van der Waals surface area (Å²) in [7, 11) is 0. The quantitative estimate of drug-likeness (QED) is 0.878. The molecule has 0 unspecified atom stereocenters. The number of nitrogens with one attached hydrogen (secondary N) is 1. The van der Waals surface area contributed by atoms with Crippen molar-refractivity contribution in [2.24, 2.45) is 0 Å². The number of carbonyl (C=O) groups excluding carboxylic acids is 1. The zero-order valence-electron chi connectivity index (χ0n) is 13.5. The maximum atomic E-state index is 12.1. The molecule has 0 heterocycles. The number of hydrogen-bond donors (Lipinski definition) is 2. The molecule has 0 radical (unpaired) electrons. The lowest BCUT2D eigenvalue weighted by Gasteiger charge is -2.36. The van der Waals surface area contributed by atoms with Crippen LogP contribution >= 0.6 is 0 Å². The zero-order chi connectivity index (χ0) is 16.8. The van der Waals surface area contributed by atoms with Crippen molar-refractivity contribution < 1.29 is 14.7 Å². The molecule has 0 saturated heterocycles. The van der Waals surface area contributed by atoms with Gasteiger partial charge >= 0.3 is 6.09 Å². The van der Waals surface area contributed by atoms with E-state index >= 15 is 0 Å². The van der Waals surface area contributed by atoms with Crippen molar-refractivity contribution in [3.8, 4) is 0 Å². The Morgan fingerprint density at radius 1 is 1.27 bits per heavy atom. The van der Waals surface area contributed by atoms with Crippen molar-refractivity contribution in [1.82, 2.24) is 10.2 Å². The van der Waals surface area contributed by atoms with E-state index in [-0.39, 0.29) is 5.91 Å². The van der Waals surface area contributed by atoms with E-state index < -0.39 is 17.7 Å². The van der Waals surface area contributed by atoms with Gasteiger partial charge in [-0.15, -0.1) is 0 Å². The first kappa shape index (κ1) is 17.8. The Morgan fingerprint density at radius 3 is 2.36 bits per heavy atom. The zero-order valence-corrected chi connectivity index (χ0v) is 13.5. The van der Waals surface area contributed by atoms with Crippen LogP contribution in [0.25, 0.3) is 0 Å². The highest BCUT2D eigenvalue weighted by Gasteiger charge is 2.34. The number of nitrogens with zero attached hydrogens (tertiary/aromatic N) is 1. The van der Waals surface area contributed by atoms with E-state index in [4.69, 9.17) is 0 Å². The van der Waals surface area contributed by atoms with Gasteiger partial charge in [-0.25, -0.2) is 4.79 Å². The van der Waals surface area contributed by atoms with Crippen molar-refractivity contribution >= 4 is 12.0 Å². The van der Waals surface area contributed by atoms with Crippen molar-refractivity contribution in [2.45, 2.75) is 45.7 Å². The third kappa shape index (κ3) is 5.24. The molecule has 2 N–H and O–H groups in total. The van der Waals surface area contributed by atoms with Crippen LogP contribution in [0, 0.1) is 0 Å². The lowest BCUT2D eigenvalue weighted by Crippen LogP contribution is -2.54. The minimum absolute atomic E-state index is 0.346. The molecule has 0 aliphatic rings. The Hall–Kier alpha value is -2.30. The van der Waals surface area contributed by atoms with Gasteiger partial charge in [0.15, 0.2) is 0 Å². The number of carbonyl (C=O) groups is 2. The molecule has 0 aliphatic carbocycles. The van der Waals surface area contributed by atoms with Gasteiger partial charge < -0.3 is 10.4 Å². The van der Waals surface area contributed by atoms with Gasteiger partial charge in [-0.1, -0.05) is 36.4 Å². The van der Waals surface area contributed by atoms with E-state index in [1.54, 1.807) is 33.9 Å². The van der Waals surface area contributed by atoms with Crippen LogP contribution in [-0.2, 0) is 11.2 Å². The second-order valence-corrected chi connectivity index (χ2v) is 6.10. The second-order valence-electron chi connectivity index (χ2n) is 6.10. The molecule has 5 nitrogen and oxygen atoms in total. The van der Waals surface area contributed by atoms with Crippen LogP contribution in [0.15, 0.2) is 42.6 Å². The third-order valence-electron chi connectivity index (χ3n) is 3.24. The highest BCUT2D eigenvalue weighted by Crippen LogP contribution is 2.17. The number of amides is 2. The number of benzene rings is 1. The molecule has 0 bridgehead atoms. The second kappa shape index (κ2) is 7.64. The van der Waals surface area contributed by atoms with E-state index in [0.29, 0.717) is 6.42 Å². The molecule has 1 aromatic rings. The Bertz CT molecular complexity index is 533. The van der Waals surface area contributed by atoms with Crippen LogP contribution < -0.4 is 5.32 Å². The Labute approximate surface area is 131 Å².